The fourth-order valence-electron chi connectivity index (χ4n) is 2.37. The van der Waals surface area contributed by atoms with E-state index < -0.39 is 0 Å². The molecule has 2 aromatic carbocycles. The fraction of sp³-hybridized carbons (Fsp3) is 0.105. The highest BCUT2D eigenvalue weighted by atomic mass is 35.5. The van der Waals surface area contributed by atoms with E-state index in [9.17, 15) is 4.79 Å². The molecule has 0 unspecified atom stereocenters. The van der Waals surface area contributed by atoms with Crippen molar-refractivity contribution < 1.29 is 4.79 Å². The highest BCUT2D eigenvalue weighted by Gasteiger charge is 2.13. The number of nitrogens with zero attached hydrogens (tertiary/aromatic N) is 2. The van der Waals surface area contributed by atoms with E-state index in [1.54, 1.807) is 31.3 Å². The van der Waals surface area contributed by atoms with E-state index in [1.165, 1.54) is 0 Å². The summed E-state index contributed by atoms with van der Waals surface area (Å²) in [6.45, 7) is 3.70. The smallest absolute Gasteiger partial charge is 0.259 e. The van der Waals surface area contributed by atoms with Gasteiger partial charge in [0.25, 0.3) is 5.91 Å². The summed E-state index contributed by atoms with van der Waals surface area (Å²) >= 11 is 5.94. The molecule has 24 heavy (non-hydrogen) atoms. The van der Waals surface area contributed by atoms with Crippen molar-refractivity contribution in [1.29, 1.82) is 0 Å². The van der Waals surface area contributed by atoms with Gasteiger partial charge in [-0.15, -0.1) is 0 Å². The van der Waals surface area contributed by atoms with E-state index in [0.717, 1.165) is 16.8 Å². The molecule has 1 heterocycles. The van der Waals surface area contributed by atoms with Gasteiger partial charge in [-0.3, -0.25) is 4.79 Å². The Hall–Kier alpha value is -2.72. The molecule has 0 radical (unpaired) electrons. The molecule has 0 fully saturated rings. The van der Waals surface area contributed by atoms with Gasteiger partial charge in [-0.25, -0.2) is 9.97 Å². The molecule has 0 spiro atoms. The van der Waals surface area contributed by atoms with Crippen molar-refractivity contribution in [2.24, 2.45) is 0 Å². The molecule has 1 amide bonds. The van der Waals surface area contributed by atoms with Crippen molar-refractivity contribution in [1.82, 2.24) is 9.97 Å². The average molecular weight is 338 g/mol. The fourth-order valence-corrected chi connectivity index (χ4v) is 2.60. The summed E-state index contributed by atoms with van der Waals surface area (Å²) in [6.07, 6.45) is 1.56. The molecule has 0 saturated heterocycles. The lowest BCUT2D eigenvalue weighted by molar-refractivity contribution is 0.102. The number of aromatic nitrogens is 2. The summed E-state index contributed by atoms with van der Waals surface area (Å²) in [6, 6.07) is 15.0. The van der Waals surface area contributed by atoms with Crippen molar-refractivity contribution in [3.05, 3.63) is 76.6 Å². The van der Waals surface area contributed by atoms with Crippen molar-refractivity contribution in [2.45, 2.75) is 13.8 Å². The van der Waals surface area contributed by atoms with Crippen LogP contribution in [0.5, 0.6) is 0 Å². The van der Waals surface area contributed by atoms with Crippen LogP contribution in [0.2, 0.25) is 5.02 Å². The largest absolute Gasteiger partial charge is 0.322 e. The number of nitrogens with one attached hydrogen (secondary N) is 1. The van der Waals surface area contributed by atoms with Crippen LogP contribution in [0.4, 0.5) is 5.69 Å². The first kappa shape index (κ1) is 16.1. The van der Waals surface area contributed by atoms with Crippen molar-refractivity contribution in [3.63, 3.8) is 0 Å². The van der Waals surface area contributed by atoms with Crippen molar-refractivity contribution in [3.8, 4) is 11.4 Å². The van der Waals surface area contributed by atoms with Crippen LogP contribution in [-0.2, 0) is 0 Å². The van der Waals surface area contributed by atoms with E-state index in [4.69, 9.17) is 11.6 Å². The maximum Gasteiger partial charge on any atom is 0.259 e. The Labute approximate surface area is 145 Å². The summed E-state index contributed by atoms with van der Waals surface area (Å²) in [5.74, 6) is 0.366. The standard InChI is InChI=1S/C19H16ClN3O/c1-12-10-15(20)8-9-17(12)23-19(24)16-11-21-18(22-13(16)2)14-6-4-3-5-7-14/h3-11H,1-2H3,(H,23,24). The van der Waals surface area contributed by atoms with Gasteiger partial charge in [0, 0.05) is 22.5 Å². The summed E-state index contributed by atoms with van der Waals surface area (Å²) in [5, 5.41) is 3.51. The number of amides is 1. The normalized spacial score (nSPS) is 10.5. The van der Waals surface area contributed by atoms with Crippen molar-refractivity contribution >= 4 is 23.2 Å². The third kappa shape index (κ3) is 3.44. The van der Waals surface area contributed by atoms with Gasteiger partial charge in [-0.05, 0) is 37.6 Å². The van der Waals surface area contributed by atoms with Crippen LogP contribution in [0, 0.1) is 13.8 Å². The predicted octanol–water partition coefficient (Wildman–Crippen LogP) is 4.67. The molecular weight excluding hydrogens is 322 g/mol. The van der Waals surface area contributed by atoms with Gasteiger partial charge >= 0.3 is 0 Å². The summed E-state index contributed by atoms with van der Waals surface area (Å²) in [5.41, 5.74) is 3.62. The molecule has 0 atom stereocenters. The number of benzene rings is 2. The zero-order valence-electron chi connectivity index (χ0n) is 13.4. The van der Waals surface area contributed by atoms with Gasteiger partial charge in [0.05, 0.1) is 11.3 Å². The summed E-state index contributed by atoms with van der Waals surface area (Å²) in [7, 11) is 0. The van der Waals surface area contributed by atoms with Gasteiger partial charge in [0.15, 0.2) is 5.82 Å². The molecule has 0 saturated carbocycles. The molecule has 3 rings (SSSR count). The second-order valence-corrected chi connectivity index (χ2v) is 5.91. The Kier molecular flexibility index (Phi) is 4.58. The minimum Gasteiger partial charge on any atom is -0.322 e. The lowest BCUT2D eigenvalue weighted by Gasteiger charge is -2.10. The average Bonchev–Trinajstić information content (AvgIpc) is 2.58. The quantitative estimate of drug-likeness (QED) is 0.755. The van der Waals surface area contributed by atoms with E-state index >= 15 is 0 Å². The van der Waals surface area contributed by atoms with Gasteiger partial charge < -0.3 is 5.32 Å². The molecule has 0 aliphatic carbocycles. The third-order valence-electron chi connectivity index (χ3n) is 3.69. The highest BCUT2D eigenvalue weighted by molar-refractivity contribution is 6.30. The highest BCUT2D eigenvalue weighted by Crippen LogP contribution is 2.21. The molecule has 0 bridgehead atoms. The van der Waals surface area contributed by atoms with Gasteiger partial charge in [0.1, 0.15) is 0 Å². The molecule has 1 aromatic heterocycles. The van der Waals surface area contributed by atoms with E-state index in [1.807, 2.05) is 37.3 Å². The summed E-state index contributed by atoms with van der Waals surface area (Å²) in [4.78, 5) is 21.3. The third-order valence-corrected chi connectivity index (χ3v) is 3.93. The molecular formula is C19H16ClN3O. The zero-order valence-corrected chi connectivity index (χ0v) is 14.1. The monoisotopic (exact) mass is 337 g/mol. The minimum atomic E-state index is -0.238. The van der Waals surface area contributed by atoms with Gasteiger partial charge in [-0.1, -0.05) is 41.9 Å². The predicted molar refractivity (Wildman–Crippen MR) is 96.3 cm³/mol. The Morgan fingerprint density at radius 3 is 2.50 bits per heavy atom. The first-order valence-electron chi connectivity index (χ1n) is 7.51. The van der Waals surface area contributed by atoms with Crippen LogP contribution in [-0.4, -0.2) is 15.9 Å². The number of hydrogen-bond donors (Lipinski definition) is 1. The van der Waals surface area contributed by atoms with E-state index in [2.05, 4.69) is 15.3 Å². The number of rotatable bonds is 3. The van der Waals surface area contributed by atoms with Gasteiger partial charge in [-0.2, -0.15) is 0 Å². The second kappa shape index (κ2) is 6.81. The van der Waals surface area contributed by atoms with Crippen molar-refractivity contribution in [2.75, 3.05) is 5.32 Å². The van der Waals surface area contributed by atoms with Crippen LogP contribution in [0.15, 0.2) is 54.7 Å². The molecule has 1 N–H and O–H groups in total. The second-order valence-electron chi connectivity index (χ2n) is 5.47. The number of anilines is 1. The van der Waals surface area contributed by atoms with E-state index in [-0.39, 0.29) is 5.91 Å². The van der Waals surface area contributed by atoms with E-state index in [0.29, 0.717) is 22.1 Å². The molecule has 120 valence electrons. The number of halogens is 1. The van der Waals surface area contributed by atoms with Crippen LogP contribution >= 0.6 is 11.6 Å². The number of carbonyl (C=O) groups excluding carboxylic acids is 1. The molecule has 0 aliphatic heterocycles. The van der Waals surface area contributed by atoms with Gasteiger partial charge in [0.2, 0.25) is 0 Å². The topological polar surface area (TPSA) is 54.9 Å². The summed E-state index contributed by atoms with van der Waals surface area (Å²) < 4.78 is 0. The molecule has 4 nitrogen and oxygen atoms in total. The number of carbonyl (C=O) groups is 1. The zero-order chi connectivity index (χ0) is 17.1. The first-order valence-corrected chi connectivity index (χ1v) is 7.89. The first-order chi connectivity index (χ1) is 11.5. The Morgan fingerprint density at radius 2 is 1.83 bits per heavy atom. The van der Waals surface area contributed by atoms with Crippen LogP contribution < -0.4 is 5.32 Å². The van der Waals surface area contributed by atoms with Crippen LogP contribution in [0.25, 0.3) is 11.4 Å². The van der Waals surface area contributed by atoms with Crippen LogP contribution in [0.3, 0.4) is 0 Å². The maximum absolute atomic E-state index is 12.5. The SMILES string of the molecule is Cc1cc(Cl)ccc1NC(=O)c1cnc(-c2ccccc2)nc1C. The Balaban J connectivity index is 1.85. The van der Waals surface area contributed by atoms with Crippen LogP contribution in [0.1, 0.15) is 21.6 Å². The lowest BCUT2D eigenvalue weighted by atomic mass is 10.1. The maximum atomic E-state index is 12.5. The Morgan fingerprint density at radius 1 is 1.08 bits per heavy atom. The molecule has 5 heteroatoms. The number of aryl methyl sites for hydroxylation is 2. The lowest BCUT2D eigenvalue weighted by Crippen LogP contribution is -2.15. The molecule has 3 aromatic rings. The Bertz CT molecular complexity index is 894. The molecule has 0 aliphatic rings. The minimum absolute atomic E-state index is 0.238. The number of hydrogen-bond acceptors (Lipinski definition) is 3.